The number of carbonyl (C=O) groups is 1. The molecule has 140 valence electrons. The summed E-state index contributed by atoms with van der Waals surface area (Å²) in [6, 6.07) is 12.6. The Morgan fingerprint density at radius 2 is 2.00 bits per heavy atom. The molecule has 2 aliphatic heterocycles. The van der Waals surface area contributed by atoms with Crippen LogP contribution in [0.25, 0.3) is 6.08 Å². The summed E-state index contributed by atoms with van der Waals surface area (Å²) in [6.07, 6.45) is 4.71. The summed E-state index contributed by atoms with van der Waals surface area (Å²) in [5, 5.41) is 0. The SMILES string of the molecule is NCc1ccc2c(c1)C1(CCN(C(=O)C=Cc3ccccc3F)CC1)CO2. The van der Waals surface area contributed by atoms with Gasteiger partial charge >= 0.3 is 0 Å². The van der Waals surface area contributed by atoms with Crippen LogP contribution >= 0.6 is 0 Å². The van der Waals surface area contributed by atoms with Crippen LogP contribution in [0.1, 0.15) is 29.5 Å². The van der Waals surface area contributed by atoms with Crippen molar-refractivity contribution in [2.45, 2.75) is 24.8 Å². The van der Waals surface area contributed by atoms with Crippen LogP contribution in [0, 0.1) is 5.82 Å². The average molecular weight is 366 g/mol. The zero-order valence-electron chi connectivity index (χ0n) is 15.2. The Kier molecular flexibility index (Phi) is 4.70. The van der Waals surface area contributed by atoms with Crippen LogP contribution in [0.4, 0.5) is 4.39 Å². The predicted octanol–water partition coefficient (Wildman–Crippen LogP) is 3.25. The Hall–Kier alpha value is -2.66. The van der Waals surface area contributed by atoms with Gasteiger partial charge in [0.2, 0.25) is 5.91 Å². The van der Waals surface area contributed by atoms with Crippen LogP contribution in [0.3, 0.4) is 0 Å². The van der Waals surface area contributed by atoms with Gasteiger partial charge in [0.15, 0.2) is 0 Å². The minimum Gasteiger partial charge on any atom is -0.492 e. The number of halogens is 1. The van der Waals surface area contributed by atoms with Gasteiger partial charge in [-0.2, -0.15) is 0 Å². The highest BCUT2D eigenvalue weighted by Crippen LogP contribution is 2.45. The van der Waals surface area contributed by atoms with Gasteiger partial charge in [0.1, 0.15) is 11.6 Å². The largest absolute Gasteiger partial charge is 0.492 e. The Balaban J connectivity index is 1.44. The third-order valence-electron chi connectivity index (χ3n) is 5.70. The molecule has 1 amide bonds. The molecule has 2 aromatic carbocycles. The smallest absolute Gasteiger partial charge is 0.246 e. The first-order chi connectivity index (χ1) is 13.1. The third kappa shape index (κ3) is 3.35. The lowest BCUT2D eigenvalue weighted by atomic mass is 9.74. The molecule has 0 unspecified atom stereocenters. The fourth-order valence-corrected chi connectivity index (χ4v) is 3.98. The second-order valence-electron chi connectivity index (χ2n) is 7.28. The summed E-state index contributed by atoms with van der Waals surface area (Å²) in [4.78, 5) is 14.3. The molecule has 2 heterocycles. The number of amides is 1. The van der Waals surface area contributed by atoms with Crippen LogP contribution in [-0.4, -0.2) is 30.5 Å². The van der Waals surface area contributed by atoms with Crippen molar-refractivity contribution in [2.24, 2.45) is 5.73 Å². The number of carbonyl (C=O) groups excluding carboxylic acids is 1. The lowest BCUT2D eigenvalue weighted by Gasteiger charge is -2.38. The summed E-state index contributed by atoms with van der Waals surface area (Å²) < 4.78 is 19.6. The molecule has 1 spiro atoms. The van der Waals surface area contributed by atoms with E-state index in [0.717, 1.165) is 24.2 Å². The minimum absolute atomic E-state index is 0.0352. The molecule has 0 bridgehead atoms. The summed E-state index contributed by atoms with van der Waals surface area (Å²) in [5.41, 5.74) is 8.50. The Morgan fingerprint density at radius 1 is 1.22 bits per heavy atom. The van der Waals surface area contributed by atoms with E-state index in [0.29, 0.717) is 31.8 Å². The fraction of sp³-hybridized carbons (Fsp3) is 0.318. The zero-order chi connectivity index (χ0) is 18.9. The van der Waals surface area contributed by atoms with Gasteiger partial charge in [0, 0.05) is 42.3 Å². The lowest BCUT2D eigenvalue weighted by molar-refractivity contribution is -0.127. The van der Waals surface area contributed by atoms with E-state index >= 15 is 0 Å². The molecule has 4 rings (SSSR count). The van der Waals surface area contributed by atoms with E-state index in [-0.39, 0.29) is 17.1 Å². The van der Waals surface area contributed by atoms with E-state index in [2.05, 4.69) is 6.07 Å². The van der Waals surface area contributed by atoms with Crippen molar-refractivity contribution in [2.75, 3.05) is 19.7 Å². The standard InChI is InChI=1S/C22H23FN2O2/c23-19-4-2-1-3-17(19)6-8-21(26)25-11-9-22(10-12-25)15-27-20-7-5-16(14-24)13-18(20)22/h1-8,13H,9-12,14-15,24H2. The average Bonchev–Trinajstić information content (AvgIpc) is 3.05. The van der Waals surface area contributed by atoms with Gasteiger partial charge in [-0.3, -0.25) is 4.79 Å². The lowest BCUT2D eigenvalue weighted by Crippen LogP contribution is -2.45. The topological polar surface area (TPSA) is 55.6 Å². The summed E-state index contributed by atoms with van der Waals surface area (Å²) >= 11 is 0. The number of benzene rings is 2. The molecule has 2 aliphatic rings. The van der Waals surface area contributed by atoms with E-state index in [1.807, 2.05) is 17.0 Å². The monoisotopic (exact) mass is 366 g/mol. The number of nitrogens with two attached hydrogens (primary N) is 1. The van der Waals surface area contributed by atoms with Crippen LogP contribution < -0.4 is 10.5 Å². The molecule has 5 heteroatoms. The molecule has 27 heavy (non-hydrogen) atoms. The van der Waals surface area contributed by atoms with Crippen molar-refractivity contribution in [3.8, 4) is 5.75 Å². The third-order valence-corrected chi connectivity index (χ3v) is 5.70. The Labute approximate surface area is 158 Å². The number of hydrogen-bond donors (Lipinski definition) is 1. The van der Waals surface area contributed by atoms with Crippen LogP contribution in [0.2, 0.25) is 0 Å². The maximum Gasteiger partial charge on any atom is 0.246 e. The molecule has 1 fully saturated rings. The second kappa shape index (κ2) is 7.16. The highest BCUT2D eigenvalue weighted by Gasteiger charge is 2.43. The summed E-state index contributed by atoms with van der Waals surface area (Å²) in [6.45, 7) is 2.49. The van der Waals surface area contributed by atoms with E-state index in [4.69, 9.17) is 10.5 Å². The first-order valence-corrected chi connectivity index (χ1v) is 9.29. The number of ether oxygens (including phenoxy) is 1. The fourth-order valence-electron chi connectivity index (χ4n) is 3.98. The molecular weight excluding hydrogens is 343 g/mol. The molecule has 2 aromatic rings. The normalized spacial score (nSPS) is 17.9. The molecule has 2 N–H and O–H groups in total. The summed E-state index contributed by atoms with van der Waals surface area (Å²) in [7, 11) is 0. The van der Waals surface area contributed by atoms with Crippen molar-refractivity contribution >= 4 is 12.0 Å². The van der Waals surface area contributed by atoms with Gasteiger partial charge in [-0.25, -0.2) is 4.39 Å². The first kappa shape index (κ1) is 17.7. The van der Waals surface area contributed by atoms with E-state index in [9.17, 15) is 9.18 Å². The van der Waals surface area contributed by atoms with E-state index in [1.165, 1.54) is 17.7 Å². The van der Waals surface area contributed by atoms with Gasteiger partial charge < -0.3 is 15.4 Å². The number of fused-ring (bicyclic) bond motifs is 2. The van der Waals surface area contributed by atoms with Crippen molar-refractivity contribution in [1.29, 1.82) is 0 Å². The van der Waals surface area contributed by atoms with Crippen LogP contribution in [0.15, 0.2) is 48.5 Å². The highest BCUT2D eigenvalue weighted by atomic mass is 19.1. The number of piperidine rings is 1. The van der Waals surface area contributed by atoms with E-state index < -0.39 is 0 Å². The maximum atomic E-state index is 13.7. The van der Waals surface area contributed by atoms with Gasteiger partial charge in [-0.05, 0) is 36.6 Å². The van der Waals surface area contributed by atoms with Crippen molar-refractivity contribution in [1.82, 2.24) is 4.90 Å². The number of nitrogens with zero attached hydrogens (tertiary/aromatic N) is 1. The van der Waals surface area contributed by atoms with Crippen LogP contribution in [0.5, 0.6) is 5.75 Å². The van der Waals surface area contributed by atoms with Crippen molar-refractivity contribution in [3.05, 3.63) is 71.0 Å². The molecular formula is C22H23FN2O2. The highest BCUT2D eigenvalue weighted by molar-refractivity contribution is 5.91. The molecule has 0 radical (unpaired) electrons. The molecule has 0 aromatic heterocycles. The zero-order valence-corrected chi connectivity index (χ0v) is 15.2. The number of likely N-dealkylation sites (tertiary alicyclic amines) is 1. The number of hydrogen-bond acceptors (Lipinski definition) is 3. The summed E-state index contributed by atoms with van der Waals surface area (Å²) in [5.74, 6) is 0.531. The molecule has 0 aliphatic carbocycles. The Bertz CT molecular complexity index is 886. The molecule has 0 saturated carbocycles. The quantitative estimate of drug-likeness (QED) is 0.849. The van der Waals surface area contributed by atoms with Gasteiger partial charge in [-0.15, -0.1) is 0 Å². The first-order valence-electron chi connectivity index (χ1n) is 9.29. The molecule has 4 nitrogen and oxygen atoms in total. The van der Waals surface area contributed by atoms with Crippen LogP contribution in [-0.2, 0) is 16.8 Å². The van der Waals surface area contributed by atoms with Gasteiger partial charge in [0.05, 0.1) is 6.61 Å². The minimum atomic E-state index is -0.324. The predicted molar refractivity (Wildman–Crippen MR) is 103 cm³/mol. The Morgan fingerprint density at radius 3 is 2.74 bits per heavy atom. The maximum absolute atomic E-state index is 13.7. The second-order valence-corrected chi connectivity index (χ2v) is 7.28. The van der Waals surface area contributed by atoms with Gasteiger partial charge in [-0.1, -0.05) is 30.3 Å². The van der Waals surface area contributed by atoms with Crippen molar-refractivity contribution in [3.63, 3.8) is 0 Å². The molecule has 0 atom stereocenters. The van der Waals surface area contributed by atoms with E-state index in [1.54, 1.807) is 24.3 Å². The van der Waals surface area contributed by atoms with Crippen molar-refractivity contribution < 1.29 is 13.9 Å². The van der Waals surface area contributed by atoms with Gasteiger partial charge in [0.25, 0.3) is 0 Å². The molecule has 1 saturated heterocycles. The number of rotatable bonds is 3.